The number of fused-ring (bicyclic) bond motifs is 9. The number of pyridine rings is 1. The van der Waals surface area contributed by atoms with Gasteiger partial charge in [-0.1, -0.05) is 78.9 Å². The molecule has 10 aromatic rings. The summed E-state index contributed by atoms with van der Waals surface area (Å²) < 4.78 is 10.9. The minimum absolute atomic E-state index is 0.919. The van der Waals surface area contributed by atoms with E-state index in [2.05, 4.69) is 138 Å². The van der Waals surface area contributed by atoms with Gasteiger partial charge in [-0.15, -0.1) is 11.3 Å². The van der Waals surface area contributed by atoms with E-state index in [4.69, 9.17) is 9.40 Å². The summed E-state index contributed by atoms with van der Waals surface area (Å²) in [6, 6.07) is 51.8. The summed E-state index contributed by atoms with van der Waals surface area (Å²) in [4.78, 5) is 5.23. The number of para-hydroxylation sites is 3. The van der Waals surface area contributed by atoms with E-state index in [1.54, 1.807) is 0 Å². The highest BCUT2D eigenvalue weighted by atomic mass is 32.1. The van der Waals surface area contributed by atoms with Crippen LogP contribution in [0.2, 0.25) is 0 Å². The van der Waals surface area contributed by atoms with Crippen molar-refractivity contribution in [3.05, 3.63) is 146 Å². The van der Waals surface area contributed by atoms with Gasteiger partial charge < -0.3 is 4.42 Å². The third-order valence-electron chi connectivity index (χ3n) is 9.02. The van der Waals surface area contributed by atoms with Crippen molar-refractivity contribution >= 4 is 75.3 Å². The van der Waals surface area contributed by atoms with Crippen molar-refractivity contribution in [3.8, 4) is 28.2 Å². The quantitative estimate of drug-likeness (QED) is 0.204. The highest BCUT2D eigenvalue weighted by molar-refractivity contribution is 7.25. The summed E-state index contributed by atoms with van der Waals surface area (Å²) in [5, 5.41) is 7.30. The van der Waals surface area contributed by atoms with Crippen molar-refractivity contribution in [3.63, 3.8) is 0 Å². The SMILES string of the molecule is c1cc(-c2ccc3sc4ccc(-c5ccc6oc7ccccc7c6c5)cc4c3c2)nc(-n2c3ccccc3c3ccccc32)c1. The largest absolute Gasteiger partial charge is 0.456 e. The maximum Gasteiger partial charge on any atom is 0.138 e. The van der Waals surface area contributed by atoms with Gasteiger partial charge in [-0.25, -0.2) is 4.98 Å². The molecule has 0 saturated carbocycles. The summed E-state index contributed by atoms with van der Waals surface area (Å²) in [5.41, 5.74) is 8.63. The Kier molecular flexibility index (Phi) is 5.16. The standard InChI is InChI=1S/C41H24N2OS/c1-4-12-35-28(8-1)29-9-2-5-13-36(29)43(35)41-15-7-11-34(42-41)27-18-21-40-33(24-27)32-23-26(17-20-39(32)45-40)25-16-19-38-31(22-25)30-10-3-6-14-37(30)44-38/h1-24H. The Hall–Kier alpha value is -5.71. The van der Waals surface area contributed by atoms with Crippen LogP contribution in [0.15, 0.2) is 150 Å². The number of furan rings is 1. The monoisotopic (exact) mass is 592 g/mol. The zero-order valence-electron chi connectivity index (χ0n) is 24.1. The molecule has 0 aliphatic heterocycles. The van der Waals surface area contributed by atoms with E-state index in [-0.39, 0.29) is 0 Å². The van der Waals surface area contributed by atoms with Crippen LogP contribution < -0.4 is 0 Å². The summed E-state index contributed by atoms with van der Waals surface area (Å²) >= 11 is 1.84. The molecule has 4 heterocycles. The predicted octanol–water partition coefficient (Wildman–Crippen LogP) is 11.8. The zero-order chi connectivity index (χ0) is 29.5. The molecule has 0 radical (unpaired) electrons. The molecule has 0 saturated heterocycles. The Morgan fingerprint density at radius 3 is 1.78 bits per heavy atom. The first-order valence-corrected chi connectivity index (χ1v) is 15.9. The Balaban J connectivity index is 1.11. The average molecular weight is 593 g/mol. The van der Waals surface area contributed by atoms with Crippen molar-refractivity contribution < 1.29 is 4.42 Å². The molecule has 0 spiro atoms. The van der Waals surface area contributed by atoms with E-state index in [1.165, 1.54) is 42.1 Å². The van der Waals surface area contributed by atoms with Gasteiger partial charge in [-0.2, -0.15) is 0 Å². The van der Waals surface area contributed by atoms with Gasteiger partial charge in [0.1, 0.15) is 17.0 Å². The predicted molar refractivity (Wildman–Crippen MR) is 190 cm³/mol. The van der Waals surface area contributed by atoms with Crippen LogP contribution in [0, 0.1) is 0 Å². The fourth-order valence-electron chi connectivity index (χ4n) is 6.90. The lowest BCUT2D eigenvalue weighted by Crippen LogP contribution is -1.98. The maximum absolute atomic E-state index is 6.08. The van der Waals surface area contributed by atoms with Crippen molar-refractivity contribution in [1.29, 1.82) is 0 Å². The first-order valence-electron chi connectivity index (χ1n) is 15.1. The Labute approximate surface area is 262 Å². The second kappa shape index (κ2) is 9.39. The molecule has 3 nitrogen and oxygen atoms in total. The van der Waals surface area contributed by atoms with Crippen molar-refractivity contribution in [1.82, 2.24) is 9.55 Å². The van der Waals surface area contributed by atoms with Crippen molar-refractivity contribution in [2.75, 3.05) is 0 Å². The molecule has 210 valence electrons. The van der Waals surface area contributed by atoms with E-state index in [0.29, 0.717) is 0 Å². The first-order chi connectivity index (χ1) is 22.3. The van der Waals surface area contributed by atoms with Gasteiger partial charge in [0.2, 0.25) is 0 Å². The van der Waals surface area contributed by atoms with Gasteiger partial charge in [0.25, 0.3) is 0 Å². The van der Waals surface area contributed by atoms with E-state index in [9.17, 15) is 0 Å². The normalized spacial score (nSPS) is 12.0. The van der Waals surface area contributed by atoms with Crippen molar-refractivity contribution in [2.45, 2.75) is 0 Å². The van der Waals surface area contributed by atoms with Crippen LogP contribution in [-0.4, -0.2) is 9.55 Å². The molecule has 0 atom stereocenters. The van der Waals surface area contributed by atoms with Crippen LogP contribution >= 0.6 is 11.3 Å². The number of rotatable bonds is 3. The minimum atomic E-state index is 0.919. The number of hydrogen-bond acceptors (Lipinski definition) is 3. The lowest BCUT2D eigenvalue weighted by atomic mass is 10.00. The lowest BCUT2D eigenvalue weighted by Gasteiger charge is -2.09. The third kappa shape index (κ3) is 3.73. The van der Waals surface area contributed by atoms with Crippen LogP contribution in [-0.2, 0) is 0 Å². The molecule has 0 aliphatic carbocycles. The van der Waals surface area contributed by atoms with Gasteiger partial charge in [0.15, 0.2) is 0 Å². The van der Waals surface area contributed by atoms with Crippen LogP contribution in [0.4, 0.5) is 0 Å². The molecule has 4 aromatic heterocycles. The maximum atomic E-state index is 6.08. The van der Waals surface area contributed by atoms with Crippen LogP contribution in [0.5, 0.6) is 0 Å². The second-order valence-electron chi connectivity index (χ2n) is 11.6. The fourth-order valence-corrected chi connectivity index (χ4v) is 7.97. The molecule has 0 N–H and O–H groups in total. The molecule has 0 bridgehead atoms. The van der Waals surface area contributed by atoms with E-state index in [0.717, 1.165) is 50.0 Å². The number of aromatic nitrogens is 2. The summed E-state index contributed by atoms with van der Waals surface area (Å²) in [6.07, 6.45) is 0. The number of hydrogen-bond donors (Lipinski definition) is 0. The number of thiophene rings is 1. The number of nitrogens with zero attached hydrogens (tertiary/aromatic N) is 2. The van der Waals surface area contributed by atoms with Gasteiger partial charge >= 0.3 is 0 Å². The Bertz CT molecular complexity index is 2730. The smallest absolute Gasteiger partial charge is 0.138 e. The van der Waals surface area contributed by atoms with E-state index in [1.807, 2.05) is 23.5 Å². The average Bonchev–Trinajstić information content (AvgIpc) is 3.77. The second-order valence-corrected chi connectivity index (χ2v) is 12.7. The van der Waals surface area contributed by atoms with Crippen LogP contribution in [0.25, 0.3) is 92.1 Å². The topological polar surface area (TPSA) is 31.0 Å². The summed E-state index contributed by atoms with van der Waals surface area (Å²) in [7, 11) is 0. The highest BCUT2D eigenvalue weighted by Gasteiger charge is 2.15. The molecule has 10 rings (SSSR count). The molecule has 6 aromatic carbocycles. The van der Waals surface area contributed by atoms with Crippen molar-refractivity contribution in [2.24, 2.45) is 0 Å². The molecule has 0 amide bonds. The highest BCUT2D eigenvalue weighted by Crippen LogP contribution is 2.40. The van der Waals surface area contributed by atoms with Gasteiger partial charge in [0, 0.05) is 47.3 Å². The van der Waals surface area contributed by atoms with Crippen LogP contribution in [0.1, 0.15) is 0 Å². The first kappa shape index (κ1) is 24.7. The molecular formula is C41H24N2OS. The lowest BCUT2D eigenvalue weighted by molar-refractivity contribution is 0.669. The molecule has 0 aliphatic rings. The molecule has 4 heteroatoms. The molecular weight excluding hydrogens is 569 g/mol. The third-order valence-corrected chi connectivity index (χ3v) is 10.2. The molecule has 0 fully saturated rings. The van der Waals surface area contributed by atoms with Gasteiger partial charge in [-0.05, 0) is 77.9 Å². The summed E-state index contributed by atoms with van der Waals surface area (Å²) in [6.45, 7) is 0. The summed E-state index contributed by atoms with van der Waals surface area (Å²) in [5.74, 6) is 0.921. The molecule has 45 heavy (non-hydrogen) atoms. The van der Waals surface area contributed by atoms with E-state index < -0.39 is 0 Å². The zero-order valence-corrected chi connectivity index (χ0v) is 24.9. The van der Waals surface area contributed by atoms with Gasteiger partial charge in [-0.3, -0.25) is 4.57 Å². The minimum Gasteiger partial charge on any atom is -0.456 e. The van der Waals surface area contributed by atoms with E-state index >= 15 is 0 Å². The molecule has 0 unspecified atom stereocenters. The Morgan fingerprint density at radius 2 is 1.02 bits per heavy atom. The van der Waals surface area contributed by atoms with Crippen LogP contribution in [0.3, 0.4) is 0 Å². The number of benzene rings is 6. The van der Waals surface area contributed by atoms with Gasteiger partial charge in [0.05, 0.1) is 16.7 Å². The Morgan fingerprint density at radius 1 is 0.444 bits per heavy atom. The fraction of sp³-hybridized carbons (Fsp3) is 0.